The van der Waals surface area contributed by atoms with Gasteiger partial charge in [0, 0.05) is 42.4 Å². The van der Waals surface area contributed by atoms with E-state index in [0.29, 0.717) is 12.0 Å². The van der Waals surface area contributed by atoms with Gasteiger partial charge in [-0.3, -0.25) is 19.2 Å². The molecule has 9 nitrogen and oxygen atoms in total. The number of fused-ring (bicyclic) bond motifs is 1. The number of nitrogens with one attached hydrogen (secondary N) is 4. The summed E-state index contributed by atoms with van der Waals surface area (Å²) >= 11 is 0. The molecule has 0 spiro atoms. The van der Waals surface area contributed by atoms with E-state index in [-0.39, 0.29) is 24.1 Å². The van der Waals surface area contributed by atoms with Gasteiger partial charge in [-0.05, 0) is 50.5 Å². The van der Waals surface area contributed by atoms with Gasteiger partial charge in [-0.2, -0.15) is 0 Å². The van der Waals surface area contributed by atoms with Gasteiger partial charge in [0.15, 0.2) is 0 Å². The van der Waals surface area contributed by atoms with Crippen molar-refractivity contribution in [2.75, 3.05) is 13.6 Å². The Labute approximate surface area is 205 Å². The van der Waals surface area contributed by atoms with Crippen LogP contribution in [0.2, 0.25) is 0 Å². The Kier molecular flexibility index (Phi) is 10.3. The maximum atomic E-state index is 12.9. The summed E-state index contributed by atoms with van der Waals surface area (Å²) in [7, 11) is 1.46. The summed E-state index contributed by atoms with van der Waals surface area (Å²) in [6.07, 6.45) is 4.13. The van der Waals surface area contributed by atoms with Crippen LogP contribution >= 0.6 is 0 Å². The molecule has 2 heterocycles. The van der Waals surface area contributed by atoms with E-state index in [4.69, 9.17) is 0 Å². The third-order valence-corrected chi connectivity index (χ3v) is 5.25. The van der Waals surface area contributed by atoms with Gasteiger partial charge < -0.3 is 25.5 Å². The second-order valence-corrected chi connectivity index (χ2v) is 7.91. The van der Waals surface area contributed by atoms with Crippen molar-refractivity contribution in [2.24, 2.45) is 0 Å². The first-order valence-corrected chi connectivity index (χ1v) is 11.9. The molecule has 1 aliphatic carbocycles. The molecule has 0 aliphatic heterocycles. The highest BCUT2D eigenvalue weighted by molar-refractivity contribution is 5.99. The Hall–Kier alpha value is -3.88. The summed E-state index contributed by atoms with van der Waals surface area (Å²) in [5.74, 6) is -0.771. The van der Waals surface area contributed by atoms with E-state index in [1.807, 2.05) is 52.0 Å². The molecule has 0 unspecified atom stereocenters. The quantitative estimate of drug-likeness (QED) is 0.387. The Balaban J connectivity index is 0.000000551. The van der Waals surface area contributed by atoms with Gasteiger partial charge in [-0.15, -0.1) is 0 Å². The number of H-pyrrole nitrogens is 1. The number of aromatic amines is 1. The Morgan fingerprint density at radius 1 is 1.17 bits per heavy atom. The lowest BCUT2D eigenvalue weighted by Gasteiger charge is -2.12. The van der Waals surface area contributed by atoms with Gasteiger partial charge in [-0.25, -0.2) is 0 Å². The zero-order valence-electron chi connectivity index (χ0n) is 21.0. The lowest BCUT2D eigenvalue weighted by atomic mass is 10.1. The molecule has 9 heteroatoms. The van der Waals surface area contributed by atoms with Crippen molar-refractivity contribution < 1.29 is 14.4 Å². The van der Waals surface area contributed by atoms with Crippen LogP contribution in [0.4, 0.5) is 0 Å². The molecule has 0 bridgehead atoms. The molecule has 1 saturated carbocycles. The number of aryl methyl sites for hydroxylation is 1. The van der Waals surface area contributed by atoms with Crippen molar-refractivity contribution >= 4 is 29.1 Å². The molecule has 0 radical (unpaired) electrons. The zero-order chi connectivity index (χ0) is 26.0. The lowest BCUT2D eigenvalue weighted by molar-refractivity contribution is -0.109. The van der Waals surface area contributed by atoms with Crippen molar-refractivity contribution in [3.05, 3.63) is 69.3 Å². The van der Waals surface area contributed by atoms with Crippen molar-refractivity contribution in [3.8, 4) is 0 Å². The largest absolute Gasteiger partial charge is 0.359 e. The first kappa shape index (κ1) is 27.4. The van der Waals surface area contributed by atoms with Crippen LogP contribution in [-0.4, -0.2) is 47.4 Å². The van der Waals surface area contributed by atoms with Gasteiger partial charge in [0.05, 0.1) is 12.1 Å². The molecule has 4 rings (SSSR count). The summed E-state index contributed by atoms with van der Waals surface area (Å²) in [5, 5.41) is 8.83. The molecule has 188 valence electrons. The van der Waals surface area contributed by atoms with Crippen LogP contribution in [0.15, 0.2) is 41.3 Å². The van der Waals surface area contributed by atoms with Crippen LogP contribution in [0.1, 0.15) is 65.6 Å². The average Bonchev–Trinajstić information content (AvgIpc) is 3.59. The number of nitrogens with zero attached hydrogens (tertiary/aromatic N) is 1. The predicted molar refractivity (Wildman–Crippen MR) is 138 cm³/mol. The number of pyridine rings is 1. The van der Waals surface area contributed by atoms with Crippen LogP contribution in [0.3, 0.4) is 0 Å². The second-order valence-electron chi connectivity index (χ2n) is 7.91. The third-order valence-electron chi connectivity index (χ3n) is 5.25. The molecule has 1 aliphatic rings. The van der Waals surface area contributed by atoms with Crippen molar-refractivity contribution in [2.45, 2.75) is 53.1 Å². The van der Waals surface area contributed by atoms with E-state index < -0.39 is 11.5 Å². The molecule has 1 fully saturated rings. The van der Waals surface area contributed by atoms with E-state index in [1.54, 1.807) is 0 Å². The summed E-state index contributed by atoms with van der Waals surface area (Å²) in [6.45, 7) is 8.84. The van der Waals surface area contributed by atoms with E-state index in [2.05, 4.69) is 20.9 Å². The molecule has 4 N–H and O–H groups in total. The molecular weight excluding hydrogens is 446 g/mol. The number of benzene rings is 1. The minimum absolute atomic E-state index is 0.0385. The lowest BCUT2D eigenvalue weighted by Crippen LogP contribution is -2.34. The Morgan fingerprint density at radius 3 is 2.46 bits per heavy atom. The molecule has 2 aromatic heterocycles. The minimum atomic E-state index is -0.504. The molecule has 3 aromatic rings. The zero-order valence-corrected chi connectivity index (χ0v) is 21.0. The van der Waals surface area contributed by atoms with Crippen molar-refractivity contribution in [1.29, 1.82) is 0 Å². The Morgan fingerprint density at radius 2 is 1.89 bits per heavy atom. The van der Waals surface area contributed by atoms with Crippen LogP contribution in [0, 0.1) is 6.92 Å². The van der Waals surface area contributed by atoms with Crippen molar-refractivity contribution in [3.63, 3.8) is 0 Å². The maximum absolute atomic E-state index is 12.9. The monoisotopic (exact) mass is 481 g/mol. The normalized spacial score (nSPS) is 11.9. The van der Waals surface area contributed by atoms with Crippen molar-refractivity contribution in [1.82, 2.24) is 25.5 Å². The van der Waals surface area contributed by atoms with Crippen LogP contribution in [-0.2, 0) is 11.3 Å². The molecule has 35 heavy (non-hydrogen) atoms. The molecule has 1 aromatic carbocycles. The number of amides is 3. The standard InChI is InChI=1S/C21H22N4O3.C3H7NO.C2H6/c1-12-8-16-13(4-3-5-18(16)23-12)10-25-11-14(19(26)24-15-6-7-15)9-17(21(25)28)20(27)22-2;1-2-4-3-5;1-2/h3-5,8-9,11,15,23H,6-7,10H2,1-2H3,(H,22,27)(H,24,26);3H,2H2,1H3,(H,4,5);1-2H3. The fourth-order valence-corrected chi connectivity index (χ4v) is 3.43. The van der Waals surface area contributed by atoms with E-state index in [9.17, 15) is 19.2 Å². The number of hydrogen-bond acceptors (Lipinski definition) is 4. The average molecular weight is 482 g/mol. The number of rotatable bonds is 7. The molecule has 0 saturated heterocycles. The topological polar surface area (TPSA) is 125 Å². The highest BCUT2D eigenvalue weighted by Gasteiger charge is 2.25. The maximum Gasteiger partial charge on any atom is 0.263 e. The van der Waals surface area contributed by atoms with E-state index in [1.165, 1.54) is 23.9 Å². The van der Waals surface area contributed by atoms with Gasteiger partial charge in [-0.1, -0.05) is 26.0 Å². The smallest absolute Gasteiger partial charge is 0.263 e. The summed E-state index contributed by atoms with van der Waals surface area (Å²) < 4.78 is 1.43. The first-order chi connectivity index (χ1) is 16.9. The fraction of sp³-hybridized carbons (Fsp3) is 0.385. The van der Waals surface area contributed by atoms with E-state index >= 15 is 0 Å². The summed E-state index contributed by atoms with van der Waals surface area (Å²) in [6, 6.07) is 9.42. The summed E-state index contributed by atoms with van der Waals surface area (Å²) in [4.78, 5) is 50.2. The third kappa shape index (κ3) is 7.30. The van der Waals surface area contributed by atoms with E-state index in [0.717, 1.165) is 41.5 Å². The van der Waals surface area contributed by atoms with Gasteiger partial charge in [0.25, 0.3) is 17.4 Å². The van der Waals surface area contributed by atoms with Gasteiger partial charge in [0.1, 0.15) is 5.56 Å². The molecular formula is C26H35N5O4. The highest BCUT2D eigenvalue weighted by atomic mass is 16.2. The fourth-order valence-electron chi connectivity index (χ4n) is 3.43. The Bertz CT molecular complexity index is 1220. The van der Waals surface area contributed by atoms with Gasteiger partial charge >= 0.3 is 0 Å². The van der Waals surface area contributed by atoms with Crippen LogP contribution < -0.4 is 21.5 Å². The second kappa shape index (κ2) is 13.1. The number of hydrogen-bond donors (Lipinski definition) is 4. The van der Waals surface area contributed by atoms with Gasteiger partial charge in [0.2, 0.25) is 6.41 Å². The number of carbonyl (C=O) groups is 3. The van der Waals surface area contributed by atoms with Crippen LogP contribution in [0.25, 0.3) is 10.9 Å². The molecule has 3 amide bonds. The first-order valence-electron chi connectivity index (χ1n) is 11.9. The number of carbonyl (C=O) groups excluding carboxylic acids is 3. The SMILES string of the molecule is CC.CCNC=O.CNC(=O)c1cc(C(=O)NC2CC2)cn(Cc2cccc3[nH]c(C)cc23)c1=O. The highest BCUT2D eigenvalue weighted by Crippen LogP contribution is 2.21. The number of aromatic nitrogens is 2. The summed E-state index contributed by atoms with van der Waals surface area (Å²) in [5.41, 5.74) is 2.79. The van der Waals surface area contributed by atoms with Crippen LogP contribution in [0.5, 0.6) is 0 Å². The predicted octanol–water partition coefficient (Wildman–Crippen LogP) is 2.72. The molecule has 0 atom stereocenters. The minimum Gasteiger partial charge on any atom is -0.359 e.